The molecule has 0 unspecified atom stereocenters. The molecule has 0 aromatic carbocycles. The molecule has 0 saturated heterocycles. The van der Waals surface area contributed by atoms with E-state index in [1.54, 1.807) is 25.4 Å². The zero-order valence-corrected chi connectivity index (χ0v) is 13.9. The molecule has 6 nitrogen and oxygen atoms in total. The van der Waals surface area contributed by atoms with Crippen molar-refractivity contribution in [2.45, 2.75) is 44.4 Å². The molecule has 1 aliphatic rings. The molecule has 1 aliphatic carbocycles. The van der Waals surface area contributed by atoms with Gasteiger partial charge in [0.1, 0.15) is 0 Å². The SMILES string of the molecule is COc1cc(CC(=O)Nc2ccc(C3CCCCC3)nn2)ccn1. The summed E-state index contributed by atoms with van der Waals surface area (Å²) in [5.41, 5.74) is 1.87. The average Bonchev–Trinajstić information content (AvgIpc) is 2.63. The first kappa shape index (κ1) is 16.4. The average molecular weight is 326 g/mol. The third-order valence-electron chi connectivity index (χ3n) is 4.35. The zero-order chi connectivity index (χ0) is 16.8. The van der Waals surface area contributed by atoms with Gasteiger partial charge < -0.3 is 10.1 Å². The van der Waals surface area contributed by atoms with Gasteiger partial charge in [0.15, 0.2) is 5.82 Å². The van der Waals surface area contributed by atoms with Crippen LogP contribution in [0.25, 0.3) is 0 Å². The van der Waals surface area contributed by atoms with Crippen molar-refractivity contribution in [1.82, 2.24) is 15.2 Å². The Morgan fingerprint density at radius 1 is 1.21 bits per heavy atom. The second-order valence-electron chi connectivity index (χ2n) is 6.11. The van der Waals surface area contributed by atoms with Crippen LogP contribution in [0, 0.1) is 0 Å². The maximum Gasteiger partial charge on any atom is 0.229 e. The second-order valence-corrected chi connectivity index (χ2v) is 6.11. The Balaban J connectivity index is 1.57. The van der Waals surface area contributed by atoms with Gasteiger partial charge in [-0.15, -0.1) is 5.10 Å². The zero-order valence-electron chi connectivity index (χ0n) is 13.9. The van der Waals surface area contributed by atoms with Crippen molar-refractivity contribution in [1.29, 1.82) is 0 Å². The van der Waals surface area contributed by atoms with Crippen molar-refractivity contribution in [3.05, 3.63) is 41.7 Å². The Morgan fingerprint density at radius 2 is 2.04 bits per heavy atom. The topological polar surface area (TPSA) is 77.0 Å². The summed E-state index contributed by atoms with van der Waals surface area (Å²) in [6, 6.07) is 7.35. The predicted octanol–water partition coefficient (Wildman–Crippen LogP) is 3.11. The molecule has 1 fully saturated rings. The van der Waals surface area contributed by atoms with Crippen molar-refractivity contribution in [2.24, 2.45) is 0 Å². The van der Waals surface area contributed by atoms with Crippen LogP contribution in [0.4, 0.5) is 5.82 Å². The van der Waals surface area contributed by atoms with E-state index < -0.39 is 0 Å². The summed E-state index contributed by atoms with van der Waals surface area (Å²) in [5, 5.41) is 11.2. The maximum absolute atomic E-state index is 12.1. The van der Waals surface area contributed by atoms with Crippen molar-refractivity contribution in [3.63, 3.8) is 0 Å². The van der Waals surface area contributed by atoms with E-state index in [0.717, 1.165) is 11.3 Å². The molecule has 24 heavy (non-hydrogen) atoms. The highest BCUT2D eigenvalue weighted by molar-refractivity contribution is 5.91. The molecule has 3 rings (SSSR count). The van der Waals surface area contributed by atoms with Crippen LogP contribution in [-0.4, -0.2) is 28.2 Å². The largest absolute Gasteiger partial charge is 0.481 e. The number of hydrogen-bond donors (Lipinski definition) is 1. The maximum atomic E-state index is 12.1. The van der Waals surface area contributed by atoms with Crippen LogP contribution in [-0.2, 0) is 11.2 Å². The predicted molar refractivity (Wildman–Crippen MR) is 91.0 cm³/mol. The Morgan fingerprint density at radius 3 is 2.75 bits per heavy atom. The lowest BCUT2D eigenvalue weighted by molar-refractivity contribution is -0.115. The molecular weight excluding hydrogens is 304 g/mol. The van der Waals surface area contributed by atoms with E-state index >= 15 is 0 Å². The highest BCUT2D eigenvalue weighted by Gasteiger charge is 2.17. The Labute approximate surface area is 141 Å². The Kier molecular flexibility index (Phi) is 5.36. The number of ether oxygens (including phenoxy) is 1. The minimum atomic E-state index is -0.136. The monoisotopic (exact) mass is 326 g/mol. The van der Waals surface area contributed by atoms with Crippen LogP contribution in [0.5, 0.6) is 5.88 Å². The van der Waals surface area contributed by atoms with E-state index in [4.69, 9.17) is 4.74 Å². The van der Waals surface area contributed by atoms with E-state index in [1.165, 1.54) is 32.1 Å². The highest BCUT2D eigenvalue weighted by atomic mass is 16.5. The normalized spacial score (nSPS) is 15.0. The van der Waals surface area contributed by atoms with E-state index in [2.05, 4.69) is 20.5 Å². The van der Waals surface area contributed by atoms with Crippen LogP contribution in [0.1, 0.15) is 49.3 Å². The van der Waals surface area contributed by atoms with Gasteiger partial charge in [0.25, 0.3) is 0 Å². The van der Waals surface area contributed by atoms with Crippen LogP contribution in [0.3, 0.4) is 0 Å². The molecule has 1 saturated carbocycles. The van der Waals surface area contributed by atoms with Gasteiger partial charge in [-0.2, -0.15) is 5.10 Å². The number of carbonyl (C=O) groups is 1. The molecule has 0 atom stereocenters. The van der Waals surface area contributed by atoms with Gasteiger partial charge in [-0.3, -0.25) is 4.79 Å². The number of methoxy groups -OCH3 is 1. The fourth-order valence-corrected chi connectivity index (χ4v) is 3.07. The first-order valence-electron chi connectivity index (χ1n) is 8.37. The number of aromatic nitrogens is 3. The Hall–Kier alpha value is -2.50. The quantitative estimate of drug-likeness (QED) is 0.913. The number of nitrogens with one attached hydrogen (secondary N) is 1. The van der Waals surface area contributed by atoms with Gasteiger partial charge in [-0.25, -0.2) is 4.98 Å². The number of anilines is 1. The summed E-state index contributed by atoms with van der Waals surface area (Å²) in [6.45, 7) is 0. The molecule has 2 heterocycles. The minimum Gasteiger partial charge on any atom is -0.481 e. The van der Waals surface area contributed by atoms with Gasteiger partial charge in [-0.05, 0) is 36.6 Å². The smallest absolute Gasteiger partial charge is 0.229 e. The number of nitrogens with zero attached hydrogens (tertiary/aromatic N) is 3. The van der Waals surface area contributed by atoms with E-state index in [0.29, 0.717) is 17.6 Å². The van der Waals surface area contributed by atoms with Gasteiger partial charge in [0, 0.05) is 18.2 Å². The van der Waals surface area contributed by atoms with Gasteiger partial charge in [-0.1, -0.05) is 19.3 Å². The van der Waals surface area contributed by atoms with Crippen LogP contribution in [0.2, 0.25) is 0 Å². The first-order chi connectivity index (χ1) is 11.7. The number of rotatable bonds is 5. The molecule has 0 spiro atoms. The van der Waals surface area contributed by atoms with Crippen LogP contribution in [0.15, 0.2) is 30.5 Å². The van der Waals surface area contributed by atoms with Gasteiger partial charge in [0.05, 0.1) is 19.2 Å². The molecule has 2 aromatic rings. The van der Waals surface area contributed by atoms with E-state index in [-0.39, 0.29) is 12.3 Å². The number of amides is 1. The summed E-state index contributed by atoms with van der Waals surface area (Å²) >= 11 is 0. The standard InChI is InChI=1S/C18H22N4O2/c1-24-18-12-13(9-10-19-18)11-17(23)20-16-8-7-15(21-22-16)14-5-3-2-4-6-14/h7-10,12,14H,2-6,11H2,1H3,(H,20,22,23). The Bertz CT molecular complexity index is 682. The molecule has 126 valence electrons. The van der Waals surface area contributed by atoms with Crippen molar-refractivity contribution in [3.8, 4) is 5.88 Å². The summed E-state index contributed by atoms with van der Waals surface area (Å²) in [4.78, 5) is 16.2. The molecule has 2 aromatic heterocycles. The highest BCUT2D eigenvalue weighted by Crippen LogP contribution is 2.31. The number of pyridine rings is 1. The third-order valence-corrected chi connectivity index (χ3v) is 4.35. The first-order valence-corrected chi connectivity index (χ1v) is 8.37. The van der Waals surface area contributed by atoms with E-state index in [9.17, 15) is 4.79 Å². The minimum absolute atomic E-state index is 0.136. The van der Waals surface area contributed by atoms with Crippen molar-refractivity contribution in [2.75, 3.05) is 12.4 Å². The lowest BCUT2D eigenvalue weighted by Gasteiger charge is -2.20. The number of carbonyl (C=O) groups excluding carboxylic acids is 1. The van der Waals surface area contributed by atoms with Gasteiger partial charge in [0.2, 0.25) is 11.8 Å². The lowest BCUT2D eigenvalue weighted by Crippen LogP contribution is -2.16. The van der Waals surface area contributed by atoms with Crippen LogP contribution >= 0.6 is 0 Å². The molecule has 1 N–H and O–H groups in total. The van der Waals surface area contributed by atoms with E-state index in [1.807, 2.05) is 12.1 Å². The lowest BCUT2D eigenvalue weighted by atomic mass is 9.87. The number of hydrogen-bond acceptors (Lipinski definition) is 5. The van der Waals surface area contributed by atoms with Gasteiger partial charge >= 0.3 is 0 Å². The molecule has 0 aliphatic heterocycles. The molecule has 0 bridgehead atoms. The molecular formula is C18H22N4O2. The van der Waals surface area contributed by atoms with Crippen LogP contribution < -0.4 is 10.1 Å². The fraction of sp³-hybridized carbons (Fsp3) is 0.444. The molecule has 1 amide bonds. The summed E-state index contributed by atoms with van der Waals surface area (Å²) in [7, 11) is 1.55. The molecule has 0 radical (unpaired) electrons. The van der Waals surface area contributed by atoms with Crippen molar-refractivity contribution < 1.29 is 9.53 Å². The second kappa shape index (κ2) is 7.86. The molecule has 6 heteroatoms. The summed E-state index contributed by atoms with van der Waals surface area (Å²) in [5.74, 6) is 1.36. The third kappa shape index (κ3) is 4.28. The summed E-state index contributed by atoms with van der Waals surface area (Å²) in [6.07, 6.45) is 8.08. The van der Waals surface area contributed by atoms with Crippen molar-refractivity contribution >= 4 is 11.7 Å². The fourth-order valence-electron chi connectivity index (χ4n) is 3.07. The summed E-state index contributed by atoms with van der Waals surface area (Å²) < 4.78 is 5.06.